The third kappa shape index (κ3) is 6.35. The lowest BCUT2D eigenvalue weighted by atomic mass is 9.98. The molecule has 2 aromatic rings. The number of hydrogen-bond donors (Lipinski definition) is 2. The standard InChI is InChI=1S/C27H34N2O4S/c1-6-17(2)24(25(34)28-15-23(30)33-27(3,4)5)29-26(31)32-16-22-20-13-9-7-11-18(20)19-12-8-10-14-21(19)22/h7-14,17,22,24H,6,15-16H2,1-5H3,(H,28,34)(H,29,31)/t17?,24-/m0/s1. The summed E-state index contributed by atoms with van der Waals surface area (Å²) in [5, 5.41) is 5.83. The highest BCUT2D eigenvalue weighted by Gasteiger charge is 2.30. The molecular weight excluding hydrogens is 448 g/mol. The molecule has 0 bridgehead atoms. The lowest BCUT2D eigenvalue weighted by molar-refractivity contribution is -0.153. The number of carbonyl (C=O) groups excluding carboxylic acids is 2. The minimum Gasteiger partial charge on any atom is -0.459 e. The molecule has 6 nitrogen and oxygen atoms in total. The highest BCUT2D eigenvalue weighted by Crippen LogP contribution is 2.44. The first-order chi connectivity index (χ1) is 16.1. The predicted molar refractivity (Wildman–Crippen MR) is 138 cm³/mol. The molecule has 0 saturated heterocycles. The Balaban J connectivity index is 1.61. The van der Waals surface area contributed by atoms with Crippen molar-refractivity contribution in [1.82, 2.24) is 10.6 Å². The number of benzene rings is 2. The van der Waals surface area contributed by atoms with Crippen molar-refractivity contribution in [3.63, 3.8) is 0 Å². The van der Waals surface area contributed by atoms with E-state index in [4.69, 9.17) is 21.7 Å². The average molecular weight is 483 g/mol. The number of fused-ring (bicyclic) bond motifs is 3. The van der Waals surface area contributed by atoms with Crippen LogP contribution in [0.4, 0.5) is 4.79 Å². The van der Waals surface area contributed by atoms with E-state index in [2.05, 4.69) is 34.9 Å². The summed E-state index contributed by atoms with van der Waals surface area (Å²) in [6, 6.07) is 16.0. The molecule has 182 valence electrons. The molecule has 2 N–H and O–H groups in total. The zero-order chi connectivity index (χ0) is 24.9. The van der Waals surface area contributed by atoms with Crippen molar-refractivity contribution in [2.24, 2.45) is 5.92 Å². The van der Waals surface area contributed by atoms with Crippen LogP contribution in [0.5, 0.6) is 0 Å². The monoisotopic (exact) mass is 482 g/mol. The molecule has 1 amide bonds. The van der Waals surface area contributed by atoms with Gasteiger partial charge in [-0.05, 0) is 48.9 Å². The Morgan fingerprint density at radius 1 is 1.03 bits per heavy atom. The van der Waals surface area contributed by atoms with Crippen molar-refractivity contribution in [2.75, 3.05) is 13.2 Å². The number of hydrogen-bond acceptors (Lipinski definition) is 5. The Hall–Kier alpha value is -2.93. The zero-order valence-corrected chi connectivity index (χ0v) is 21.3. The quantitative estimate of drug-likeness (QED) is 0.398. The number of rotatable bonds is 8. The van der Waals surface area contributed by atoms with Crippen LogP contribution < -0.4 is 10.6 Å². The van der Waals surface area contributed by atoms with Gasteiger partial charge in [-0.2, -0.15) is 0 Å². The van der Waals surface area contributed by atoms with E-state index in [9.17, 15) is 9.59 Å². The van der Waals surface area contributed by atoms with Crippen molar-refractivity contribution in [3.05, 3.63) is 59.7 Å². The largest absolute Gasteiger partial charge is 0.459 e. The molecular formula is C27H34N2O4S. The Kier molecular flexibility index (Phi) is 8.31. The molecule has 1 unspecified atom stereocenters. The van der Waals surface area contributed by atoms with Crippen LogP contribution in [0, 0.1) is 5.92 Å². The van der Waals surface area contributed by atoms with E-state index >= 15 is 0 Å². The molecule has 7 heteroatoms. The van der Waals surface area contributed by atoms with Crippen molar-refractivity contribution in [1.29, 1.82) is 0 Å². The van der Waals surface area contributed by atoms with Gasteiger partial charge in [0, 0.05) is 5.92 Å². The number of thiocarbonyl (C=S) groups is 1. The van der Waals surface area contributed by atoms with Crippen molar-refractivity contribution >= 4 is 29.3 Å². The van der Waals surface area contributed by atoms with Gasteiger partial charge in [-0.1, -0.05) is 81.0 Å². The molecule has 0 aliphatic heterocycles. The fraction of sp³-hybridized carbons (Fsp3) is 0.444. The summed E-state index contributed by atoms with van der Waals surface area (Å²) < 4.78 is 11.0. The first-order valence-corrected chi connectivity index (χ1v) is 12.1. The summed E-state index contributed by atoms with van der Waals surface area (Å²) in [7, 11) is 0. The van der Waals surface area contributed by atoms with E-state index in [0.717, 1.165) is 17.5 Å². The van der Waals surface area contributed by atoms with E-state index in [1.165, 1.54) is 11.1 Å². The summed E-state index contributed by atoms with van der Waals surface area (Å²) in [6.07, 6.45) is 0.261. The lowest BCUT2D eigenvalue weighted by Crippen LogP contribution is -2.50. The van der Waals surface area contributed by atoms with Gasteiger partial charge in [-0.3, -0.25) is 4.79 Å². The Morgan fingerprint density at radius 2 is 1.59 bits per heavy atom. The van der Waals surface area contributed by atoms with E-state index in [0.29, 0.717) is 4.99 Å². The molecule has 3 rings (SSSR count). The smallest absolute Gasteiger partial charge is 0.407 e. The van der Waals surface area contributed by atoms with Gasteiger partial charge in [0.1, 0.15) is 18.8 Å². The number of carbonyl (C=O) groups is 2. The first-order valence-electron chi connectivity index (χ1n) is 11.7. The second-order valence-corrected chi connectivity index (χ2v) is 10.1. The van der Waals surface area contributed by atoms with Gasteiger partial charge in [0.05, 0.1) is 11.0 Å². The van der Waals surface area contributed by atoms with Gasteiger partial charge in [-0.25, -0.2) is 4.79 Å². The molecule has 1 aliphatic rings. The van der Waals surface area contributed by atoms with E-state index in [-0.39, 0.29) is 25.0 Å². The van der Waals surface area contributed by atoms with E-state index < -0.39 is 23.7 Å². The van der Waals surface area contributed by atoms with Crippen LogP contribution >= 0.6 is 12.2 Å². The molecule has 0 spiro atoms. The zero-order valence-electron chi connectivity index (χ0n) is 20.5. The number of esters is 1. The van der Waals surface area contributed by atoms with E-state index in [1.807, 2.05) is 58.9 Å². The molecule has 0 saturated carbocycles. The van der Waals surface area contributed by atoms with Crippen LogP contribution in [0.1, 0.15) is 58.1 Å². The molecule has 1 aliphatic carbocycles. The van der Waals surface area contributed by atoms with Crippen molar-refractivity contribution < 1.29 is 19.1 Å². The number of amides is 1. The second-order valence-electron chi connectivity index (χ2n) is 9.64. The topological polar surface area (TPSA) is 76.7 Å². The summed E-state index contributed by atoms with van der Waals surface area (Å²) in [4.78, 5) is 25.2. The molecule has 0 aromatic heterocycles. The summed E-state index contributed by atoms with van der Waals surface area (Å²) in [5.74, 6) is -0.365. The van der Waals surface area contributed by atoms with Gasteiger partial charge in [-0.15, -0.1) is 0 Å². The van der Waals surface area contributed by atoms with Gasteiger partial charge in [0.2, 0.25) is 0 Å². The normalized spacial score (nSPS) is 14.4. The van der Waals surface area contributed by atoms with Crippen LogP contribution in [0.2, 0.25) is 0 Å². The third-order valence-corrected chi connectivity index (χ3v) is 6.34. The Bertz CT molecular complexity index is 1000. The van der Waals surface area contributed by atoms with Gasteiger partial charge >= 0.3 is 12.1 Å². The lowest BCUT2D eigenvalue weighted by Gasteiger charge is -2.26. The molecule has 0 fully saturated rings. The summed E-state index contributed by atoms with van der Waals surface area (Å²) in [5.41, 5.74) is 4.10. The number of alkyl carbamates (subject to hydrolysis) is 1. The number of ether oxygens (including phenoxy) is 2. The first kappa shape index (κ1) is 25.7. The van der Waals surface area contributed by atoms with Crippen LogP contribution in [-0.2, 0) is 14.3 Å². The SMILES string of the molecule is CCC(C)[C@H](NC(=O)OCC1c2ccccc2-c2ccccc21)C(=S)NCC(=O)OC(C)(C)C. The molecule has 34 heavy (non-hydrogen) atoms. The molecule has 2 atom stereocenters. The average Bonchev–Trinajstić information content (AvgIpc) is 3.12. The highest BCUT2D eigenvalue weighted by atomic mass is 32.1. The fourth-order valence-corrected chi connectivity index (χ4v) is 4.48. The molecule has 0 radical (unpaired) electrons. The minimum absolute atomic E-state index is 0.0163. The van der Waals surface area contributed by atoms with Gasteiger partial charge < -0.3 is 20.1 Å². The second kappa shape index (κ2) is 11.0. The Labute approximate surface area is 207 Å². The van der Waals surface area contributed by atoms with Crippen LogP contribution in [-0.4, -0.2) is 41.8 Å². The van der Waals surface area contributed by atoms with Crippen molar-refractivity contribution in [3.8, 4) is 11.1 Å². The van der Waals surface area contributed by atoms with E-state index in [1.54, 1.807) is 0 Å². The highest BCUT2D eigenvalue weighted by molar-refractivity contribution is 7.80. The number of nitrogens with one attached hydrogen (secondary N) is 2. The van der Waals surface area contributed by atoms with Crippen molar-refractivity contribution in [2.45, 2.75) is 58.6 Å². The molecule has 0 heterocycles. The summed E-state index contributed by atoms with van der Waals surface area (Å²) >= 11 is 5.50. The summed E-state index contributed by atoms with van der Waals surface area (Å²) in [6.45, 7) is 9.61. The minimum atomic E-state index is -0.573. The van der Waals surface area contributed by atoms with Crippen LogP contribution in [0.25, 0.3) is 11.1 Å². The maximum Gasteiger partial charge on any atom is 0.407 e. The van der Waals surface area contributed by atoms with Gasteiger partial charge in [0.15, 0.2) is 0 Å². The maximum absolute atomic E-state index is 12.8. The maximum atomic E-state index is 12.8. The fourth-order valence-electron chi connectivity index (χ4n) is 4.12. The van der Waals surface area contributed by atoms with Crippen LogP contribution in [0.15, 0.2) is 48.5 Å². The van der Waals surface area contributed by atoms with Crippen LogP contribution in [0.3, 0.4) is 0 Å². The molecule has 2 aromatic carbocycles. The predicted octanol–water partition coefficient (Wildman–Crippen LogP) is 5.20. The third-order valence-electron chi connectivity index (χ3n) is 5.94. The van der Waals surface area contributed by atoms with Gasteiger partial charge in [0.25, 0.3) is 0 Å². The Morgan fingerprint density at radius 3 is 2.12 bits per heavy atom.